The molecule has 0 saturated heterocycles. The molecule has 2 rings (SSSR count). The molecule has 0 aliphatic carbocycles. The molecule has 1 aromatic carbocycles. The Morgan fingerprint density at radius 3 is 2.71 bits per heavy atom. The van der Waals surface area contributed by atoms with Crippen LogP contribution in [0.4, 0.5) is 0 Å². The third-order valence-corrected chi connectivity index (χ3v) is 4.04. The minimum atomic E-state index is -0.484. The second-order valence-electron chi connectivity index (χ2n) is 6.05. The Morgan fingerprint density at radius 2 is 1.96 bits per heavy atom. The van der Waals surface area contributed by atoms with Crippen LogP contribution in [0.15, 0.2) is 18.2 Å². The highest BCUT2D eigenvalue weighted by Gasteiger charge is 2.21. The van der Waals surface area contributed by atoms with Gasteiger partial charge in [0, 0.05) is 18.9 Å². The van der Waals surface area contributed by atoms with Crippen LogP contribution in [0.1, 0.15) is 61.4 Å². The molecule has 1 N–H and O–H groups in total. The maximum absolute atomic E-state index is 12.6. The van der Waals surface area contributed by atoms with Gasteiger partial charge in [0.2, 0.25) is 0 Å². The SMILES string of the molecule is COc1cc(O)cc2c1C(=O)O[C@H](C)CCCC(=O)CCC/C=C\2. The van der Waals surface area contributed by atoms with Crippen molar-refractivity contribution in [2.45, 2.75) is 51.6 Å². The molecular weight excluding hydrogens is 308 g/mol. The number of hydrogen-bond acceptors (Lipinski definition) is 5. The first kappa shape index (κ1) is 18.0. The molecule has 0 spiro atoms. The number of esters is 1. The van der Waals surface area contributed by atoms with E-state index in [4.69, 9.17) is 9.47 Å². The Kier molecular flexibility index (Phi) is 6.41. The fraction of sp³-hybridized carbons (Fsp3) is 0.474. The van der Waals surface area contributed by atoms with E-state index in [0.29, 0.717) is 36.8 Å². The lowest BCUT2D eigenvalue weighted by molar-refractivity contribution is -0.119. The number of fused-ring (bicyclic) bond motifs is 1. The van der Waals surface area contributed by atoms with Crippen LogP contribution in [0, 0.1) is 0 Å². The van der Waals surface area contributed by atoms with Gasteiger partial charge >= 0.3 is 5.97 Å². The number of ether oxygens (including phenoxy) is 2. The molecule has 0 saturated carbocycles. The van der Waals surface area contributed by atoms with Crippen molar-refractivity contribution in [2.75, 3.05) is 7.11 Å². The fourth-order valence-corrected chi connectivity index (χ4v) is 2.77. The second-order valence-corrected chi connectivity index (χ2v) is 6.05. The Morgan fingerprint density at radius 1 is 1.21 bits per heavy atom. The maximum Gasteiger partial charge on any atom is 0.342 e. The first-order valence-corrected chi connectivity index (χ1v) is 8.31. The van der Waals surface area contributed by atoms with E-state index >= 15 is 0 Å². The van der Waals surface area contributed by atoms with Crippen LogP contribution in [0.25, 0.3) is 6.08 Å². The van der Waals surface area contributed by atoms with Gasteiger partial charge in [0.15, 0.2) is 0 Å². The quantitative estimate of drug-likeness (QED) is 0.790. The summed E-state index contributed by atoms with van der Waals surface area (Å²) >= 11 is 0. The third-order valence-electron chi connectivity index (χ3n) is 4.04. The molecule has 0 unspecified atom stereocenters. The number of carbonyl (C=O) groups is 2. The first-order chi connectivity index (χ1) is 11.5. The normalized spacial score (nSPS) is 21.3. The summed E-state index contributed by atoms with van der Waals surface area (Å²) in [5, 5.41) is 9.83. The van der Waals surface area contributed by atoms with Crippen molar-refractivity contribution in [3.63, 3.8) is 0 Å². The zero-order valence-corrected chi connectivity index (χ0v) is 14.2. The number of ketones is 1. The summed E-state index contributed by atoms with van der Waals surface area (Å²) in [5.41, 5.74) is 0.860. The minimum Gasteiger partial charge on any atom is -0.508 e. The predicted molar refractivity (Wildman–Crippen MR) is 91.3 cm³/mol. The van der Waals surface area contributed by atoms with E-state index in [9.17, 15) is 14.7 Å². The molecule has 0 amide bonds. The molecule has 5 heteroatoms. The van der Waals surface area contributed by atoms with Crippen LogP contribution >= 0.6 is 0 Å². The number of cyclic esters (lactones) is 1. The number of phenolic OH excluding ortho intramolecular Hbond substituents is 1. The number of rotatable bonds is 1. The maximum atomic E-state index is 12.6. The molecule has 24 heavy (non-hydrogen) atoms. The molecule has 0 aromatic heterocycles. The largest absolute Gasteiger partial charge is 0.508 e. The third kappa shape index (κ3) is 4.85. The number of aromatic hydroxyl groups is 1. The van der Waals surface area contributed by atoms with Gasteiger partial charge in [0.1, 0.15) is 22.8 Å². The van der Waals surface area contributed by atoms with Gasteiger partial charge in [-0.3, -0.25) is 4.79 Å². The summed E-state index contributed by atoms with van der Waals surface area (Å²) in [6, 6.07) is 2.91. The molecule has 1 aliphatic rings. The van der Waals surface area contributed by atoms with E-state index in [2.05, 4.69) is 0 Å². The lowest BCUT2D eigenvalue weighted by atomic mass is 10.0. The lowest BCUT2D eigenvalue weighted by Gasteiger charge is -2.17. The average molecular weight is 332 g/mol. The Hall–Kier alpha value is -2.30. The summed E-state index contributed by atoms with van der Waals surface area (Å²) in [6.45, 7) is 1.82. The monoisotopic (exact) mass is 332 g/mol. The number of phenols is 1. The topological polar surface area (TPSA) is 72.8 Å². The summed E-state index contributed by atoms with van der Waals surface area (Å²) in [5.74, 6) is 0.0719. The van der Waals surface area contributed by atoms with Gasteiger partial charge in [-0.05, 0) is 44.2 Å². The zero-order valence-electron chi connectivity index (χ0n) is 14.2. The van der Waals surface area contributed by atoms with Gasteiger partial charge in [-0.25, -0.2) is 4.79 Å². The lowest BCUT2D eigenvalue weighted by Crippen LogP contribution is -2.17. The molecule has 130 valence electrons. The van der Waals surface area contributed by atoms with Crippen molar-refractivity contribution in [3.05, 3.63) is 29.3 Å². The number of Topliss-reactive ketones (excluding diaryl/α,β-unsaturated/α-hetero) is 1. The van der Waals surface area contributed by atoms with E-state index in [1.54, 1.807) is 6.08 Å². The molecule has 0 radical (unpaired) electrons. The van der Waals surface area contributed by atoms with Crippen LogP contribution in [0.2, 0.25) is 0 Å². The molecule has 1 aliphatic heterocycles. The highest BCUT2D eigenvalue weighted by Crippen LogP contribution is 2.30. The number of benzene rings is 1. The summed E-state index contributed by atoms with van der Waals surface area (Å²) < 4.78 is 10.7. The predicted octanol–water partition coefficient (Wildman–Crippen LogP) is 3.88. The highest BCUT2D eigenvalue weighted by atomic mass is 16.5. The molecule has 5 nitrogen and oxygen atoms in total. The van der Waals surface area contributed by atoms with Crippen molar-refractivity contribution in [2.24, 2.45) is 0 Å². The van der Waals surface area contributed by atoms with Crippen LogP contribution in [-0.4, -0.2) is 30.1 Å². The van der Waals surface area contributed by atoms with E-state index in [-0.39, 0.29) is 23.4 Å². The van der Waals surface area contributed by atoms with Gasteiger partial charge in [-0.2, -0.15) is 0 Å². The van der Waals surface area contributed by atoms with Gasteiger partial charge in [-0.15, -0.1) is 0 Å². The van der Waals surface area contributed by atoms with Crippen LogP contribution in [-0.2, 0) is 9.53 Å². The Balaban J connectivity index is 2.36. The zero-order chi connectivity index (χ0) is 17.5. The summed E-state index contributed by atoms with van der Waals surface area (Å²) in [6.07, 6.45) is 7.33. The van der Waals surface area contributed by atoms with Gasteiger partial charge in [-0.1, -0.05) is 12.2 Å². The minimum absolute atomic E-state index is 0.0207. The van der Waals surface area contributed by atoms with Crippen LogP contribution in [0.5, 0.6) is 11.5 Å². The number of carbonyl (C=O) groups excluding carboxylic acids is 2. The van der Waals surface area contributed by atoms with Crippen molar-refractivity contribution in [1.29, 1.82) is 0 Å². The van der Waals surface area contributed by atoms with Crippen molar-refractivity contribution < 1.29 is 24.2 Å². The van der Waals surface area contributed by atoms with E-state index in [1.807, 2.05) is 13.0 Å². The number of allylic oxidation sites excluding steroid dienone is 1. The summed E-state index contributed by atoms with van der Waals surface area (Å²) in [4.78, 5) is 24.3. The number of methoxy groups -OCH3 is 1. The van der Waals surface area contributed by atoms with E-state index in [0.717, 1.165) is 12.8 Å². The van der Waals surface area contributed by atoms with Gasteiger partial charge in [0.25, 0.3) is 0 Å². The number of hydrogen-bond donors (Lipinski definition) is 1. The molecule has 1 heterocycles. The van der Waals surface area contributed by atoms with Gasteiger partial charge in [0.05, 0.1) is 13.2 Å². The molecule has 0 bridgehead atoms. The molecular formula is C19H24O5. The summed E-state index contributed by atoms with van der Waals surface area (Å²) in [7, 11) is 1.45. The van der Waals surface area contributed by atoms with Crippen molar-refractivity contribution >= 4 is 17.8 Å². The van der Waals surface area contributed by atoms with Crippen LogP contribution < -0.4 is 4.74 Å². The van der Waals surface area contributed by atoms with Gasteiger partial charge < -0.3 is 14.6 Å². The fourth-order valence-electron chi connectivity index (χ4n) is 2.77. The Bertz CT molecular complexity index is 633. The molecule has 1 aromatic rings. The highest BCUT2D eigenvalue weighted by molar-refractivity contribution is 5.97. The van der Waals surface area contributed by atoms with Crippen LogP contribution in [0.3, 0.4) is 0 Å². The molecule has 1 atom stereocenters. The average Bonchev–Trinajstić information content (AvgIpc) is 2.52. The van der Waals surface area contributed by atoms with E-state index in [1.165, 1.54) is 19.2 Å². The van der Waals surface area contributed by atoms with Crippen molar-refractivity contribution in [1.82, 2.24) is 0 Å². The smallest absolute Gasteiger partial charge is 0.342 e. The Labute approximate surface area is 142 Å². The van der Waals surface area contributed by atoms with E-state index < -0.39 is 5.97 Å². The standard InChI is InChI=1S/C19H24O5/c1-13-7-6-10-15(20)9-5-3-4-8-14-11-16(21)12-17(23-2)18(14)19(22)24-13/h4,8,11-13,21H,3,5-7,9-10H2,1-2H3/b8-4-/t13-/m1/s1. The first-order valence-electron chi connectivity index (χ1n) is 8.31. The second kappa shape index (κ2) is 8.52. The molecule has 0 fully saturated rings. The van der Waals surface area contributed by atoms with Crippen molar-refractivity contribution in [3.8, 4) is 11.5 Å².